The van der Waals surface area contributed by atoms with Gasteiger partial charge in [-0.3, -0.25) is 4.79 Å². The van der Waals surface area contributed by atoms with Crippen LogP contribution in [0.3, 0.4) is 0 Å². The Morgan fingerprint density at radius 3 is 2.50 bits per heavy atom. The van der Waals surface area contributed by atoms with Crippen LogP contribution in [0.4, 0.5) is 0 Å². The van der Waals surface area contributed by atoms with Gasteiger partial charge in [0, 0.05) is 17.7 Å². The Labute approximate surface area is 149 Å². The molecule has 0 fully saturated rings. The average molecular weight is 359 g/mol. The van der Waals surface area contributed by atoms with E-state index in [1.165, 1.54) is 18.6 Å². The molecule has 3 aromatic rings. The molecule has 1 aromatic heterocycles. The summed E-state index contributed by atoms with van der Waals surface area (Å²) in [5, 5.41) is 3.39. The monoisotopic (exact) mass is 358 g/mol. The van der Waals surface area contributed by atoms with Crippen LogP contribution in [0.1, 0.15) is 10.4 Å². The summed E-state index contributed by atoms with van der Waals surface area (Å²) in [5.74, 6) is -0.214. The van der Waals surface area contributed by atoms with Crippen molar-refractivity contribution < 1.29 is 9.53 Å². The number of benzene rings is 2. The first-order valence-electron chi connectivity index (χ1n) is 7.29. The second kappa shape index (κ2) is 7.57. The maximum atomic E-state index is 12.7. The minimum Gasteiger partial charge on any atom is -0.364 e. The van der Waals surface area contributed by atoms with Gasteiger partial charge in [-0.1, -0.05) is 54.1 Å². The predicted octanol–water partition coefficient (Wildman–Crippen LogP) is 4.46. The lowest BCUT2D eigenvalue weighted by Gasteiger charge is -2.08. The first kappa shape index (κ1) is 16.6. The molecule has 0 atom stereocenters. The van der Waals surface area contributed by atoms with Crippen LogP contribution < -0.4 is 5.32 Å². The van der Waals surface area contributed by atoms with Gasteiger partial charge >= 0.3 is 0 Å². The summed E-state index contributed by atoms with van der Waals surface area (Å²) in [6, 6.07) is 17.0. The van der Waals surface area contributed by atoms with E-state index in [0.717, 1.165) is 16.0 Å². The molecule has 4 nitrogen and oxygen atoms in total. The number of halogens is 1. The SMILES string of the molecule is COCNC(=O)c1c(-c2ccc(Cl)cc2)nsc1-c1ccccc1. The van der Waals surface area contributed by atoms with Gasteiger partial charge in [0.05, 0.1) is 16.1 Å². The molecule has 1 amide bonds. The van der Waals surface area contributed by atoms with Crippen LogP contribution in [-0.4, -0.2) is 24.1 Å². The Balaban J connectivity index is 2.10. The van der Waals surface area contributed by atoms with Crippen molar-refractivity contribution in [2.45, 2.75) is 0 Å². The summed E-state index contributed by atoms with van der Waals surface area (Å²) >= 11 is 7.26. The Bertz CT molecular complexity index is 832. The lowest BCUT2D eigenvalue weighted by Crippen LogP contribution is -2.26. The molecular weight excluding hydrogens is 344 g/mol. The van der Waals surface area contributed by atoms with Gasteiger partial charge in [-0.2, -0.15) is 4.37 Å². The maximum Gasteiger partial charge on any atom is 0.256 e. The zero-order valence-corrected chi connectivity index (χ0v) is 14.5. The van der Waals surface area contributed by atoms with Crippen LogP contribution in [0.25, 0.3) is 21.7 Å². The highest BCUT2D eigenvalue weighted by atomic mass is 35.5. The molecule has 3 rings (SSSR count). The van der Waals surface area contributed by atoms with E-state index in [9.17, 15) is 4.79 Å². The summed E-state index contributed by atoms with van der Waals surface area (Å²) in [5.41, 5.74) is 2.99. The number of hydrogen-bond donors (Lipinski definition) is 1. The van der Waals surface area contributed by atoms with Crippen LogP contribution >= 0.6 is 23.1 Å². The standard InChI is InChI=1S/C18H15ClN2O2S/c1-23-11-20-18(22)15-16(12-7-9-14(19)10-8-12)21-24-17(15)13-5-3-2-4-6-13/h2-10H,11H2,1H3,(H,20,22). The fraction of sp³-hybridized carbons (Fsp3) is 0.111. The van der Waals surface area contributed by atoms with Gasteiger partial charge in [-0.05, 0) is 29.2 Å². The number of carbonyl (C=O) groups is 1. The Kier molecular flexibility index (Phi) is 5.25. The first-order valence-corrected chi connectivity index (χ1v) is 8.44. The highest BCUT2D eigenvalue weighted by Crippen LogP contribution is 2.35. The summed E-state index contributed by atoms with van der Waals surface area (Å²) in [7, 11) is 1.53. The summed E-state index contributed by atoms with van der Waals surface area (Å²) in [6.45, 7) is 0.142. The molecule has 122 valence electrons. The van der Waals surface area contributed by atoms with E-state index >= 15 is 0 Å². The number of hydrogen-bond acceptors (Lipinski definition) is 4. The van der Waals surface area contributed by atoms with Gasteiger partial charge in [-0.25, -0.2) is 0 Å². The van der Waals surface area contributed by atoms with E-state index < -0.39 is 0 Å². The van der Waals surface area contributed by atoms with Crippen molar-refractivity contribution in [3.63, 3.8) is 0 Å². The lowest BCUT2D eigenvalue weighted by molar-refractivity contribution is 0.0874. The zero-order valence-electron chi connectivity index (χ0n) is 13.0. The lowest BCUT2D eigenvalue weighted by atomic mass is 10.0. The topological polar surface area (TPSA) is 51.2 Å². The fourth-order valence-electron chi connectivity index (χ4n) is 2.32. The number of aromatic nitrogens is 1. The van der Waals surface area contributed by atoms with Crippen LogP contribution in [0.15, 0.2) is 54.6 Å². The molecule has 24 heavy (non-hydrogen) atoms. The molecule has 6 heteroatoms. The smallest absolute Gasteiger partial charge is 0.256 e. The van der Waals surface area contributed by atoms with Crippen molar-refractivity contribution >= 4 is 29.0 Å². The molecule has 1 N–H and O–H groups in total. The Hall–Kier alpha value is -2.21. The van der Waals surface area contributed by atoms with Gasteiger partial charge < -0.3 is 10.1 Å². The summed E-state index contributed by atoms with van der Waals surface area (Å²) in [6.07, 6.45) is 0. The minimum absolute atomic E-state index is 0.142. The molecular formula is C18H15ClN2O2S. The van der Waals surface area contributed by atoms with Crippen molar-refractivity contribution in [2.24, 2.45) is 0 Å². The van der Waals surface area contributed by atoms with Crippen LogP contribution in [0, 0.1) is 0 Å². The molecule has 0 saturated carbocycles. The van der Waals surface area contributed by atoms with E-state index in [-0.39, 0.29) is 12.6 Å². The highest BCUT2D eigenvalue weighted by molar-refractivity contribution is 7.10. The van der Waals surface area contributed by atoms with Gasteiger partial charge in [0.2, 0.25) is 0 Å². The van der Waals surface area contributed by atoms with Crippen LogP contribution in [0.5, 0.6) is 0 Å². The quantitative estimate of drug-likeness (QED) is 0.685. The molecule has 0 unspecified atom stereocenters. The second-order valence-electron chi connectivity index (χ2n) is 5.05. The molecule has 0 bridgehead atoms. The van der Waals surface area contributed by atoms with Crippen molar-refractivity contribution in [3.05, 3.63) is 65.2 Å². The van der Waals surface area contributed by atoms with Crippen molar-refractivity contribution in [3.8, 4) is 21.7 Å². The highest BCUT2D eigenvalue weighted by Gasteiger charge is 2.22. The third-order valence-corrected chi connectivity index (χ3v) is 4.60. The van der Waals surface area contributed by atoms with E-state index in [1.54, 1.807) is 12.1 Å². The Morgan fingerprint density at radius 2 is 1.83 bits per heavy atom. The zero-order chi connectivity index (χ0) is 16.9. The van der Waals surface area contributed by atoms with Crippen molar-refractivity contribution in [1.29, 1.82) is 0 Å². The van der Waals surface area contributed by atoms with E-state index in [2.05, 4.69) is 9.69 Å². The first-order chi connectivity index (χ1) is 11.7. The average Bonchev–Trinajstić information content (AvgIpc) is 3.06. The second-order valence-corrected chi connectivity index (χ2v) is 6.26. The number of ether oxygens (including phenoxy) is 1. The number of amides is 1. The number of carbonyl (C=O) groups excluding carboxylic acids is 1. The molecule has 0 saturated heterocycles. The summed E-state index contributed by atoms with van der Waals surface area (Å²) in [4.78, 5) is 13.5. The fourth-order valence-corrected chi connectivity index (χ4v) is 3.35. The van der Waals surface area contributed by atoms with Gasteiger partial charge in [0.15, 0.2) is 0 Å². The molecule has 0 aliphatic carbocycles. The molecule has 0 radical (unpaired) electrons. The predicted molar refractivity (Wildman–Crippen MR) is 97.3 cm³/mol. The van der Waals surface area contributed by atoms with E-state index in [0.29, 0.717) is 16.3 Å². The van der Waals surface area contributed by atoms with E-state index in [1.807, 2.05) is 42.5 Å². The normalized spacial score (nSPS) is 10.6. The molecule has 2 aromatic carbocycles. The molecule has 0 spiro atoms. The molecule has 1 heterocycles. The van der Waals surface area contributed by atoms with Gasteiger partial charge in [0.1, 0.15) is 6.73 Å². The largest absolute Gasteiger partial charge is 0.364 e. The van der Waals surface area contributed by atoms with Crippen molar-refractivity contribution in [1.82, 2.24) is 9.69 Å². The van der Waals surface area contributed by atoms with Crippen LogP contribution in [0.2, 0.25) is 5.02 Å². The van der Waals surface area contributed by atoms with Crippen LogP contribution in [-0.2, 0) is 4.74 Å². The number of methoxy groups -OCH3 is 1. The maximum absolute atomic E-state index is 12.7. The van der Waals surface area contributed by atoms with Gasteiger partial charge in [-0.15, -0.1) is 0 Å². The molecule has 0 aliphatic rings. The number of nitrogens with zero attached hydrogens (tertiary/aromatic N) is 1. The van der Waals surface area contributed by atoms with Gasteiger partial charge in [0.25, 0.3) is 5.91 Å². The van der Waals surface area contributed by atoms with Crippen molar-refractivity contribution in [2.75, 3.05) is 13.8 Å². The Morgan fingerprint density at radius 1 is 1.12 bits per heavy atom. The molecule has 0 aliphatic heterocycles. The third kappa shape index (κ3) is 3.48. The number of rotatable bonds is 5. The third-order valence-electron chi connectivity index (χ3n) is 3.45. The minimum atomic E-state index is -0.214. The summed E-state index contributed by atoms with van der Waals surface area (Å²) < 4.78 is 9.47. The number of nitrogens with one attached hydrogen (secondary N) is 1. The van der Waals surface area contributed by atoms with E-state index in [4.69, 9.17) is 16.3 Å².